The first-order valence-corrected chi connectivity index (χ1v) is 8.27. The van der Waals surface area contributed by atoms with E-state index in [1.165, 1.54) is 11.0 Å². The molecule has 26 heavy (non-hydrogen) atoms. The van der Waals surface area contributed by atoms with E-state index in [9.17, 15) is 18.0 Å². The maximum absolute atomic E-state index is 12.5. The first-order chi connectivity index (χ1) is 11.8. The van der Waals surface area contributed by atoms with Gasteiger partial charge >= 0.3 is 12.3 Å². The van der Waals surface area contributed by atoms with Crippen molar-refractivity contribution in [2.24, 2.45) is 0 Å². The van der Waals surface area contributed by atoms with Gasteiger partial charge < -0.3 is 14.4 Å². The van der Waals surface area contributed by atoms with Gasteiger partial charge in [0, 0.05) is 11.6 Å². The SMILES string of the molecule is C=Cc1ccc(OCC(F)(F)F)c(CN(C(=O)OC(C)(C)C)C(C)C)c1. The van der Waals surface area contributed by atoms with Crippen LogP contribution in [0.15, 0.2) is 24.8 Å². The normalized spacial score (nSPS) is 12.0. The molecule has 4 nitrogen and oxygen atoms in total. The lowest BCUT2D eigenvalue weighted by atomic mass is 10.1. The molecule has 1 aromatic carbocycles. The molecule has 0 radical (unpaired) electrons. The van der Waals surface area contributed by atoms with Crippen LogP contribution in [0.4, 0.5) is 18.0 Å². The third-order valence-corrected chi connectivity index (χ3v) is 3.30. The van der Waals surface area contributed by atoms with Crippen molar-refractivity contribution >= 4 is 12.2 Å². The molecule has 0 aliphatic heterocycles. The standard InChI is InChI=1S/C19H26F3NO3/c1-7-14-8-9-16(25-12-19(20,21)22)15(10-14)11-23(13(2)3)17(24)26-18(4,5)6/h7-10,13H,1,11-12H2,2-6H3. The Morgan fingerprint density at radius 3 is 2.35 bits per heavy atom. The summed E-state index contributed by atoms with van der Waals surface area (Å²) < 4.78 is 47.8. The van der Waals surface area contributed by atoms with Crippen molar-refractivity contribution in [3.63, 3.8) is 0 Å². The topological polar surface area (TPSA) is 38.8 Å². The number of carbonyl (C=O) groups is 1. The predicted octanol–water partition coefficient (Wildman–Crippen LogP) is 5.42. The second-order valence-corrected chi connectivity index (χ2v) is 7.18. The van der Waals surface area contributed by atoms with Gasteiger partial charge in [-0.25, -0.2) is 4.79 Å². The Labute approximate surface area is 152 Å². The largest absolute Gasteiger partial charge is 0.484 e. The molecule has 0 unspecified atom stereocenters. The Hall–Kier alpha value is -2.18. The van der Waals surface area contributed by atoms with Crippen molar-refractivity contribution in [3.05, 3.63) is 35.9 Å². The van der Waals surface area contributed by atoms with E-state index in [1.54, 1.807) is 52.8 Å². The number of ether oxygens (including phenoxy) is 2. The van der Waals surface area contributed by atoms with Crippen molar-refractivity contribution in [2.45, 2.75) is 59.0 Å². The molecule has 1 rings (SSSR count). The Morgan fingerprint density at radius 2 is 1.88 bits per heavy atom. The highest BCUT2D eigenvalue weighted by molar-refractivity contribution is 5.69. The Kier molecular flexibility index (Phi) is 7.12. The number of benzene rings is 1. The number of hydrogen-bond donors (Lipinski definition) is 0. The molecule has 1 aromatic rings. The molecule has 0 spiro atoms. The maximum Gasteiger partial charge on any atom is 0.422 e. The summed E-state index contributed by atoms with van der Waals surface area (Å²) >= 11 is 0. The smallest absolute Gasteiger partial charge is 0.422 e. The number of rotatable bonds is 6. The van der Waals surface area contributed by atoms with E-state index in [-0.39, 0.29) is 18.3 Å². The number of amides is 1. The summed E-state index contributed by atoms with van der Waals surface area (Å²) in [4.78, 5) is 13.9. The highest BCUT2D eigenvalue weighted by Gasteiger charge is 2.30. The zero-order chi connectivity index (χ0) is 20.1. The van der Waals surface area contributed by atoms with Crippen LogP contribution in [0.25, 0.3) is 6.08 Å². The quantitative estimate of drug-likeness (QED) is 0.669. The average Bonchev–Trinajstić information content (AvgIpc) is 2.47. The van der Waals surface area contributed by atoms with Gasteiger partial charge in [0.2, 0.25) is 0 Å². The highest BCUT2D eigenvalue weighted by Crippen LogP contribution is 2.26. The van der Waals surface area contributed by atoms with Gasteiger partial charge in [-0.2, -0.15) is 13.2 Å². The van der Waals surface area contributed by atoms with E-state index in [2.05, 4.69) is 6.58 Å². The molecule has 0 heterocycles. The molecule has 0 N–H and O–H groups in total. The van der Waals surface area contributed by atoms with Crippen molar-refractivity contribution in [3.8, 4) is 5.75 Å². The molecule has 0 fully saturated rings. The number of alkyl halides is 3. The fourth-order valence-corrected chi connectivity index (χ4v) is 2.11. The number of hydrogen-bond acceptors (Lipinski definition) is 3. The Morgan fingerprint density at radius 1 is 1.27 bits per heavy atom. The van der Waals surface area contributed by atoms with Crippen LogP contribution >= 0.6 is 0 Å². The van der Waals surface area contributed by atoms with Crippen LogP contribution in [0.3, 0.4) is 0 Å². The summed E-state index contributed by atoms with van der Waals surface area (Å²) in [5.41, 5.74) is 0.487. The first-order valence-electron chi connectivity index (χ1n) is 8.27. The van der Waals surface area contributed by atoms with Crippen LogP contribution in [-0.2, 0) is 11.3 Å². The molecule has 146 valence electrons. The van der Waals surface area contributed by atoms with E-state index in [4.69, 9.17) is 9.47 Å². The van der Waals surface area contributed by atoms with Crippen molar-refractivity contribution in [1.29, 1.82) is 0 Å². The second kappa shape index (κ2) is 8.47. The molecular weight excluding hydrogens is 347 g/mol. The minimum absolute atomic E-state index is 0.0570. The van der Waals surface area contributed by atoms with E-state index >= 15 is 0 Å². The third-order valence-electron chi connectivity index (χ3n) is 3.30. The molecule has 0 saturated heterocycles. The van der Waals surface area contributed by atoms with Gasteiger partial charge in [-0.3, -0.25) is 0 Å². The summed E-state index contributed by atoms with van der Waals surface area (Å²) in [6.07, 6.45) is -3.42. The fourth-order valence-electron chi connectivity index (χ4n) is 2.11. The minimum Gasteiger partial charge on any atom is -0.484 e. The molecule has 0 atom stereocenters. The van der Waals surface area contributed by atoms with Gasteiger partial charge in [0.15, 0.2) is 6.61 Å². The Bertz CT molecular complexity index is 634. The van der Waals surface area contributed by atoms with Crippen molar-refractivity contribution < 1.29 is 27.4 Å². The molecule has 1 amide bonds. The highest BCUT2D eigenvalue weighted by atomic mass is 19.4. The molecule has 0 aliphatic carbocycles. The molecule has 7 heteroatoms. The lowest BCUT2D eigenvalue weighted by Crippen LogP contribution is -2.40. The van der Waals surface area contributed by atoms with Gasteiger partial charge in [0.25, 0.3) is 0 Å². The van der Waals surface area contributed by atoms with Crippen LogP contribution in [0.5, 0.6) is 5.75 Å². The van der Waals surface area contributed by atoms with Gasteiger partial charge in [0.1, 0.15) is 11.4 Å². The second-order valence-electron chi connectivity index (χ2n) is 7.18. The van der Waals surface area contributed by atoms with Gasteiger partial charge in [0.05, 0.1) is 6.54 Å². The van der Waals surface area contributed by atoms with Crippen LogP contribution in [0.1, 0.15) is 45.7 Å². The third kappa shape index (κ3) is 7.37. The fraction of sp³-hybridized carbons (Fsp3) is 0.526. The van der Waals surface area contributed by atoms with Crippen molar-refractivity contribution in [1.82, 2.24) is 4.90 Å². The summed E-state index contributed by atoms with van der Waals surface area (Å²) in [6.45, 7) is 11.2. The van der Waals surface area contributed by atoms with Gasteiger partial charge in [-0.15, -0.1) is 0 Å². The number of nitrogens with zero attached hydrogens (tertiary/aromatic N) is 1. The molecule has 0 saturated carbocycles. The van der Waals surface area contributed by atoms with Crippen molar-refractivity contribution in [2.75, 3.05) is 6.61 Å². The lowest BCUT2D eigenvalue weighted by molar-refractivity contribution is -0.153. The summed E-state index contributed by atoms with van der Waals surface area (Å²) in [6, 6.07) is 4.49. The number of carbonyl (C=O) groups excluding carboxylic acids is 1. The Balaban J connectivity index is 3.12. The maximum atomic E-state index is 12.5. The van der Waals surface area contributed by atoms with E-state index in [0.717, 1.165) is 0 Å². The monoisotopic (exact) mass is 373 g/mol. The van der Waals surface area contributed by atoms with E-state index in [0.29, 0.717) is 11.1 Å². The predicted molar refractivity (Wildman–Crippen MR) is 95.0 cm³/mol. The molecule has 0 aliphatic rings. The average molecular weight is 373 g/mol. The van der Waals surface area contributed by atoms with Crippen LogP contribution in [0.2, 0.25) is 0 Å². The molecule has 0 bridgehead atoms. The minimum atomic E-state index is -4.45. The molecule has 0 aromatic heterocycles. The van der Waals surface area contributed by atoms with Gasteiger partial charge in [-0.1, -0.05) is 18.7 Å². The van der Waals surface area contributed by atoms with Gasteiger partial charge in [-0.05, 0) is 52.3 Å². The van der Waals surface area contributed by atoms with E-state index < -0.39 is 24.5 Å². The van der Waals surface area contributed by atoms with Crippen LogP contribution < -0.4 is 4.74 Å². The number of halogens is 3. The van der Waals surface area contributed by atoms with Crippen LogP contribution in [-0.4, -0.2) is 35.4 Å². The zero-order valence-corrected chi connectivity index (χ0v) is 15.8. The lowest BCUT2D eigenvalue weighted by Gasteiger charge is -2.30. The molecular formula is C19H26F3NO3. The van der Waals surface area contributed by atoms with E-state index in [1.807, 2.05) is 0 Å². The summed E-state index contributed by atoms with van der Waals surface area (Å²) in [7, 11) is 0. The first kappa shape index (κ1) is 21.9. The van der Waals surface area contributed by atoms with Crippen LogP contribution in [0, 0.1) is 0 Å². The summed E-state index contributed by atoms with van der Waals surface area (Å²) in [5, 5.41) is 0. The zero-order valence-electron chi connectivity index (χ0n) is 15.8. The summed E-state index contributed by atoms with van der Waals surface area (Å²) in [5.74, 6) is 0.0714.